The van der Waals surface area contributed by atoms with Gasteiger partial charge in [0, 0.05) is 5.56 Å². The molecule has 0 bridgehead atoms. The number of carbonyl (C=O) groups excluding carboxylic acids is 2. The molecule has 0 aliphatic rings. The molecule has 0 saturated carbocycles. The van der Waals surface area contributed by atoms with Crippen molar-refractivity contribution in [2.24, 2.45) is 0 Å². The van der Waals surface area contributed by atoms with E-state index in [2.05, 4.69) is 20.3 Å². The van der Waals surface area contributed by atoms with Crippen molar-refractivity contribution in [3.63, 3.8) is 0 Å². The molecule has 1 unspecified atom stereocenters. The molecule has 132 valence electrons. The molecule has 1 atom stereocenters. The van der Waals surface area contributed by atoms with E-state index >= 15 is 0 Å². The van der Waals surface area contributed by atoms with Crippen molar-refractivity contribution in [3.8, 4) is 0 Å². The van der Waals surface area contributed by atoms with Crippen LogP contribution in [0, 0.1) is 0 Å². The fraction of sp³-hybridized carbons (Fsp3) is 0.158. The number of esters is 1. The molecule has 3 aromatic rings. The van der Waals surface area contributed by atoms with Gasteiger partial charge < -0.3 is 10.1 Å². The van der Waals surface area contributed by atoms with Crippen LogP contribution >= 0.6 is 0 Å². The number of carbonyl (C=O) groups is 2. The number of methoxy groups -OCH3 is 1. The second-order valence-electron chi connectivity index (χ2n) is 5.59. The molecule has 1 amide bonds. The van der Waals surface area contributed by atoms with E-state index in [1.807, 2.05) is 30.3 Å². The molecule has 0 spiro atoms. The fourth-order valence-corrected chi connectivity index (χ4v) is 2.54. The minimum absolute atomic E-state index is 0.248. The first kappa shape index (κ1) is 17.3. The summed E-state index contributed by atoms with van der Waals surface area (Å²) in [5, 5.41) is 11.2. The highest BCUT2D eigenvalue weighted by Crippen LogP contribution is 2.16. The highest BCUT2D eigenvalue weighted by molar-refractivity contribution is 5.96. The molecule has 7 nitrogen and oxygen atoms in total. The van der Waals surface area contributed by atoms with Gasteiger partial charge in [0.15, 0.2) is 0 Å². The standard InChI is InChI=1S/C19H18N4O3/c1-26-19(25)16-9-7-15(8-10-16)18(24)22-17(13-23-20-11-12-21-23)14-5-3-2-4-6-14/h2-12,17H,13H2,1H3,(H,22,24). The molecule has 1 N–H and O–H groups in total. The van der Waals surface area contributed by atoms with Crippen molar-refractivity contribution < 1.29 is 14.3 Å². The zero-order valence-electron chi connectivity index (χ0n) is 14.2. The summed E-state index contributed by atoms with van der Waals surface area (Å²) in [6.07, 6.45) is 3.19. The molecule has 0 fully saturated rings. The first-order valence-electron chi connectivity index (χ1n) is 8.05. The Morgan fingerprint density at radius 3 is 2.23 bits per heavy atom. The second kappa shape index (κ2) is 8.06. The number of nitrogens with zero attached hydrogens (tertiary/aromatic N) is 3. The van der Waals surface area contributed by atoms with Crippen molar-refractivity contribution in [2.45, 2.75) is 12.6 Å². The van der Waals surface area contributed by atoms with Gasteiger partial charge in [0.2, 0.25) is 0 Å². The number of hydrogen-bond acceptors (Lipinski definition) is 5. The van der Waals surface area contributed by atoms with Gasteiger partial charge in [0.05, 0.1) is 37.7 Å². The third-order valence-corrected chi connectivity index (χ3v) is 3.89. The normalized spacial score (nSPS) is 11.6. The topological polar surface area (TPSA) is 86.1 Å². The number of benzene rings is 2. The Balaban J connectivity index is 1.77. The van der Waals surface area contributed by atoms with E-state index in [1.165, 1.54) is 11.9 Å². The first-order valence-corrected chi connectivity index (χ1v) is 8.05. The van der Waals surface area contributed by atoms with Crippen LogP contribution in [0.1, 0.15) is 32.3 Å². The molecular formula is C19H18N4O3. The van der Waals surface area contributed by atoms with Crippen molar-refractivity contribution in [1.82, 2.24) is 20.3 Å². The SMILES string of the molecule is COC(=O)c1ccc(C(=O)NC(Cn2nccn2)c2ccccc2)cc1. The minimum Gasteiger partial charge on any atom is -0.465 e. The lowest BCUT2D eigenvalue weighted by molar-refractivity contribution is 0.0600. The predicted octanol–water partition coefficient (Wildman–Crippen LogP) is 2.24. The largest absolute Gasteiger partial charge is 0.465 e. The van der Waals surface area contributed by atoms with Gasteiger partial charge in [0.1, 0.15) is 0 Å². The molecule has 3 rings (SSSR count). The van der Waals surface area contributed by atoms with E-state index in [0.717, 1.165) is 5.56 Å². The summed E-state index contributed by atoms with van der Waals surface area (Å²) in [5.41, 5.74) is 1.79. The van der Waals surface area contributed by atoms with E-state index in [-0.39, 0.29) is 11.9 Å². The van der Waals surface area contributed by atoms with Crippen molar-refractivity contribution in [2.75, 3.05) is 7.11 Å². The summed E-state index contributed by atoms with van der Waals surface area (Å²) >= 11 is 0. The maximum Gasteiger partial charge on any atom is 0.337 e. The fourth-order valence-electron chi connectivity index (χ4n) is 2.54. The van der Waals surface area contributed by atoms with Crippen LogP contribution in [0.25, 0.3) is 0 Å². The van der Waals surface area contributed by atoms with Crippen LogP contribution in [0.2, 0.25) is 0 Å². The van der Waals surface area contributed by atoms with Gasteiger partial charge in [0.25, 0.3) is 5.91 Å². The first-order chi connectivity index (χ1) is 12.7. The van der Waals surface area contributed by atoms with Crippen LogP contribution < -0.4 is 5.32 Å². The summed E-state index contributed by atoms with van der Waals surface area (Å²) in [6.45, 7) is 0.406. The van der Waals surface area contributed by atoms with Crippen molar-refractivity contribution in [1.29, 1.82) is 0 Å². The van der Waals surface area contributed by atoms with Gasteiger partial charge in [-0.1, -0.05) is 30.3 Å². The van der Waals surface area contributed by atoms with E-state index in [4.69, 9.17) is 0 Å². The van der Waals surface area contributed by atoms with Crippen LogP contribution in [0.15, 0.2) is 67.0 Å². The van der Waals surface area contributed by atoms with Gasteiger partial charge in [-0.3, -0.25) is 4.79 Å². The minimum atomic E-state index is -0.441. The van der Waals surface area contributed by atoms with Gasteiger partial charge >= 0.3 is 5.97 Å². The number of ether oxygens (including phenoxy) is 1. The molecule has 0 radical (unpaired) electrons. The molecule has 2 aromatic carbocycles. The Morgan fingerprint density at radius 2 is 1.62 bits per heavy atom. The number of amides is 1. The number of aromatic nitrogens is 3. The lowest BCUT2D eigenvalue weighted by Crippen LogP contribution is -2.32. The Bertz CT molecular complexity index is 862. The van der Waals surface area contributed by atoms with Gasteiger partial charge in [-0.2, -0.15) is 15.0 Å². The van der Waals surface area contributed by atoms with Crippen molar-refractivity contribution in [3.05, 3.63) is 83.7 Å². The maximum atomic E-state index is 12.6. The second-order valence-corrected chi connectivity index (χ2v) is 5.59. The lowest BCUT2D eigenvalue weighted by Gasteiger charge is -2.19. The van der Waals surface area contributed by atoms with Crippen molar-refractivity contribution >= 4 is 11.9 Å². The number of hydrogen-bond donors (Lipinski definition) is 1. The molecule has 1 aromatic heterocycles. The van der Waals surface area contributed by atoms with Crippen LogP contribution in [0.3, 0.4) is 0 Å². The summed E-state index contributed by atoms with van der Waals surface area (Å²) in [4.78, 5) is 25.7. The van der Waals surface area contributed by atoms with E-state index < -0.39 is 5.97 Å². The predicted molar refractivity (Wildman–Crippen MR) is 94.5 cm³/mol. The summed E-state index contributed by atoms with van der Waals surface area (Å²) in [6, 6.07) is 15.6. The quantitative estimate of drug-likeness (QED) is 0.689. The van der Waals surface area contributed by atoms with Gasteiger partial charge in [-0.15, -0.1) is 0 Å². The van der Waals surface area contributed by atoms with Gasteiger partial charge in [-0.05, 0) is 29.8 Å². The summed E-state index contributed by atoms with van der Waals surface area (Å²) < 4.78 is 4.66. The average molecular weight is 350 g/mol. The molecule has 0 aliphatic carbocycles. The van der Waals surface area contributed by atoms with Crippen LogP contribution in [-0.2, 0) is 11.3 Å². The van der Waals surface area contributed by atoms with Crippen LogP contribution in [-0.4, -0.2) is 34.0 Å². The van der Waals surface area contributed by atoms with E-state index in [9.17, 15) is 9.59 Å². The Labute approximate surface area is 150 Å². The maximum absolute atomic E-state index is 12.6. The highest BCUT2D eigenvalue weighted by Gasteiger charge is 2.17. The Morgan fingerprint density at radius 1 is 1.00 bits per heavy atom. The molecule has 7 heteroatoms. The highest BCUT2D eigenvalue weighted by atomic mass is 16.5. The Hall–Kier alpha value is -3.48. The number of rotatable bonds is 6. The monoisotopic (exact) mass is 350 g/mol. The average Bonchev–Trinajstić information content (AvgIpc) is 3.20. The lowest BCUT2D eigenvalue weighted by atomic mass is 10.1. The molecule has 0 saturated heterocycles. The third-order valence-electron chi connectivity index (χ3n) is 3.89. The molecule has 26 heavy (non-hydrogen) atoms. The van der Waals surface area contributed by atoms with Crippen LogP contribution in [0.5, 0.6) is 0 Å². The summed E-state index contributed by atoms with van der Waals surface area (Å²) in [7, 11) is 1.32. The number of nitrogens with one attached hydrogen (secondary N) is 1. The smallest absolute Gasteiger partial charge is 0.337 e. The van der Waals surface area contributed by atoms with Gasteiger partial charge in [-0.25, -0.2) is 4.79 Å². The summed E-state index contributed by atoms with van der Waals surface area (Å²) in [5.74, 6) is -0.689. The Kier molecular flexibility index (Phi) is 5.38. The van der Waals surface area contributed by atoms with E-state index in [0.29, 0.717) is 17.7 Å². The zero-order chi connectivity index (χ0) is 18.4. The molecular weight excluding hydrogens is 332 g/mol. The third kappa shape index (κ3) is 4.13. The molecule has 1 heterocycles. The van der Waals surface area contributed by atoms with E-state index in [1.54, 1.807) is 36.7 Å². The molecule has 0 aliphatic heterocycles. The zero-order valence-corrected chi connectivity index (χ0v) is 14.2. The van der Waals surface area contributed by atoms with Crippen LogP contribution in [0.4, 0.5) is 0 Å².